The van der Waals surface area contributed by atoms with Crippen LogP contribution in [0, 0.1) is 18.8 Å². The number of nitrogens with two attached hydrogens (primary N) is 1. The summed E-state index contributed by atoms with van der Waals surface area (Å²) in [6, 6.07) is 6.08. The molecule has 3 nitrogen and oxygen atoms in total. The molecule has 20 heavy (non-hydrogen) atoms. The number of carbonyl (C=O) groups excluding carboxylic acids is 1. The van der Waals surface area contributed by atoms with E-state index in [2.05, 4.69) is 18.8 Å². The lowest BCUT2D eigenvalue weighted by molar-refractivity contribution is 0.0635. The van der Waals surface area contributed by atoms with Crippen molar-refractivity contribution in [2.75, 3.05) is 13.1 Å². The standard InChI is InChI=1S/C17H22N2O/c1-13-8-9-16(12-15(13)7-5-10-18)17(20)19-11-4-3-6-14(19)2/h8-9,12,14H,3-4,6,10-11,18H2,1-2H3. The van der Waals surface area contributed by atoms with Crippen molar-refractivity contribution in [3.05, 3.63) is 34.9 Å². The van der Waals surface area contributed by atoms with Crippen molar-refractivity contribution in [1.29, 1.82) is 0 Å². The number of rotatable bonds is 1. The maximum absolute atomic E-state index is 12.6. The molecule has 0 spiro atoms. The summed E-state index contributed by atoms with van der Waals surface area (Å²) in [4.78, 5) is 14.6. The fourth-order valence-electron chi connectivity index (χ4n) is 2.60. The first-order valence-electron chi connectivity index (χ1n) is 7.24. The summed E-state index contributed by atoms with van der Waals surface area (Å²) in [7, 11) is 0. The molecule has 1 atom stereocenters. The monoisotopic (exact) mass is 270 g/mol. The summed E-state index contributed by atoms with van der Waals surface area (Å²) < 4.78 is 0. The summed E-state index contributed by atoms with van der Waals surface area (Å²) in [5.41, 5.74) is 8.11. The molecule has 2 rings (SSSR count). The maximum atomic E-state index is 12.6. The summed E-state index contributed by atoms with van der Waals surface area (Å²) in [6.07, 6.45) is 3.41. The number of likely N-dealkylation sites (tertiary alicyclic amines) is 1. The summed E-state index contributed by atoms with van der Waals surface area (Å²) >= 11 is 0. The Kier molecular flexibility index (Phi) is 4.81. The molecular weight excluding hydrogens is 248 g/mol. The Hall–Kier alpha value is -1.79. The van der Waals surface area contributed by atoms with Crippen LogP contribution in [0.3, 0.4) is 0 Å². The van der Waals surface area contributed by atoms with Gasteiger partial charge >= 0.3 is 0 Å². The molecule has 1 saturated heterocycles. The van der Waals surface area contributed by atoms with Gasteiger partial charge in [-0.25, -0.2) is 0 Å². The largest absolute Gasteiger partial charge is 0.336 e. The van der Waals surface area contributed by atoms with Crippen LogP contribution in [0.4, 0.5) is 0 Å². The second-order valence-electron chi connectivity index (χ2n) is 5.38. The Morgan fingerprint density at radius 3 is 2.95 bits per heavy atom. The fourth-order valence-corrected chi connectivity index (χ4v) is 2.60. The van der Waals surface area contributed by atoms with Gasteiger partial charge in [0.25, 0.3) is 5.91 Å². The minimum absolute atomic E-state index is 0.119. The van der Waals surface area contributed by atoms with E-state index in [4.69, 9.17) is 5.73 Å². The van der Waals surface area contributed by atoms with E-state index in [0.717, 1.165) is 36.1 Å². The summed E-state index contributed by atoms with van der Waals surface area (Å²) in [5.74, 6) is 6.01. The van der Waals surface area contributed by atoms with Crippen LogP contribution in [0.25, 0.3) is 0 Å². The topological polar surface area (TPSA) is 46.3 Å². The first-order chi connectivity index (χ1) is 9.63. The smallest absolute Gasteiger partial charge is 0.254 e. The number of aryl methyl sites for hydroxylation is 1. The van der Waals surface area contributed by atoms with Crippen LogP contribution < -0.4 is 5.73 Å². The molecular formula is C17H22N2O. The van der Waals surface area contributed by atoms with E-state index in [0.29, 0.717) is 12.6 Å². The predicted octanol–water partition coefficient (Wildman–Crippen LogP) is 2.32. The van der Waals surface area contributed by atoms with E-state index in [1.54, 1.807) is 0 Å². The van der Waals surface area contributed by atoms with Crippen LogP contribution in [0.15, 0.2) is 18.2 Å². The van der Waals surface area contributed by atoms with Crippen molar-refractivity contribution in [3.8, 4) is 11.8 Å². The lowest BCUT2D eigenvalue weighted by Crippen LogP contribution is -2.42. The molecule has 0 radical (unpaired) electrons. The van der Waals surface area contributed by atoms with Gasteiger partial charge < -0.3 is 10.6 Å². The first-order valence-corrected chi connectivity index (χ1v) is 7.24. The van der Waals surface area contributed by atoms with Gasteiger partial charge in [-0.1, -0.05) is 17.9 Å². The molecule has 106 valence electrons. The highest BCUT2D eigenvalue weighted by molar-refractivity contribution is 5.95. The number of hydrogen-bond donors (Lipinski definition) is 1. The third-order valence-corrected chi connectivity index (χ3v) is 3.87. The van der Waals surface area contributed by atoms with E-state index in [1.165, 1.54) is 6.42 Å². The van der Waals surface area contributed by atoms with Gasteiger partial charge in [-0.3, -0.25) is 4.79 Å². The summed E-state index contributed by atoms with van der Waals surface area (Å²) in [6.45, 7) is 5.32. The molecule has 1 aromatic rings. The molecule has 0 aromatic heterocycles. The van der Waals surface area contributed by atoms with Gasteiger partial charge in [0.1, 0.15) is 0 Å². The Morgan fingerprint density at radius 2 is 2.25 bits per heavy atom. The van der Waals surface area contributed by atoms with Gasteiger partial charge in [-0.15, -0.1) is 0 Å². The van der Waals surface area contributed by atoms with Crippen molar-refractivity contribution in [3.63, 3.8) is 0 Å². The van der Waals surface area contributed by atoms with Gasteiger partial charge in [0.15, 0.2) is 0 Å². The van der Waals surface area contributed by atoms with E-state index >= 15 is 0 Å². The Labute approximate surface area is 121 Å². The molecule has 1 aromatic carbocycles. The lowest BCUT2D eigenvalue weighted by atomic mass is 10.0. The van der Waals surface area contributed by atoms with Gasteiger partial charge in [-0.05, 0) is 50.8 Å². The number of nitrogens with zero attached hydrogens (tertiary/aromatic N) is 1. The zero-order valence-electron chi connectivity index (χ0n) is 12.3. The molecule has 1 aliphatic rings. The molecule has 3 heteroatoms. The van der Waals surface area contributed by atoms with E-state index in [9.17, 15) is 4.79 Å². The molecule has 0 aliphatic carbocycles. The van der Waals surface area contributed by atoms with Gasteiger partial charge in [0.05, 0.1) is 6.54 Å². The number of hydrogen-bond acceptors (Lipinski definition) is 2. The van der Waals surface area contributed by atoms with Crippen LogP contribution in [0.2, 0.25) is 0 Å². The molecule has 0 saturated carbocycles. The highest BCUT2D eigenvalue weighted by atomic mass is 16.2. The van der Waals surface area contributed by atoms with Crippen molar-refractivity contribution in [1.82, 2.24) is 4.90 Å². The van der Waals surface area contributed by atoms with Crippen molar-refractivity contribution < 1.29 is 4.79 Å². The Bertz CT molecular complexity index is 554. The van der Waals surface area contributed by atoms with E-state index in [-0.39, 0.29) is 5.91 Å². The number of benzene rings is 1. The molecule has 2 N–H and O–H groups in total. The second kappa shape index (κ2) is 6.58. The van der Waals surface area contributed by atoms with E-state index < -0.39 is 0 Å². The van der Waals surface area contributed by atoms with Crippen molar-refractivity contribution in [2.45, 2.75) is 39.2 Å². The third kappa shape index (κ3) is 3.20. The highest BCUT2D eigenvalue weighted by Gasteiger charge is 2.24. The fraction of sp³-hybridized carbons (Fsp3) is 0.471. The molecule has 1 unspecified atom stereocenters. The molecule has 1 amide bonds. The number of piperidine rings is 1. The molecule has 1 aliphatic heterocycles. The first kappa shape index (κ1) is 14.6. The van der Waals surface area contributed by atoms with Gasteiger partial charge in [0.2, 0.25) is 0 Å². The predicted molar refractivity (Wildman–Crippen MR) is 81.5 cm³/mol. The minimum atomic E-state index is 0.119. The lowest BCUT2D eigenvalue weighted by Gasteiger charge is -2.33. The minimum Gasteiger partial charge on any atom is -0.336 e. The van der Waals surface area contributed by atoms with Crippen LogP contribution in [-0.2, 0) is 0 Å². The second-order valence-corrected chi connectivity index (χ2v) is 5.38. The van der Waals surface area contributed by atoms with Crippen LogP contribution >= 0.6 is 0 Å². The van der Waals surface area contributed by atoms with Gasteiger partial charge in [0, 0.05) is 23.7 Å². The van der Waals surface area contributed by atoms with Crippen molar-refractivity contribution >= 4 is 5.91 Å². The van der Waals surface area contributed by atoms with Crippen LogP contribution in [0.1, 0.15) is 47.7 Å². The van der Waals surface area contributed by atoms with Gasteiger partial charge in [-0.2, -0.15) is 0 Å². The third-order valence-electron chi connectivity index (χ3n) is 3.87. The zero-order chi connectivity index (χ0) is 14.5. The number of amides is 1. The molecule has 1 fully saturated rings. The zero-order valence-corrected chi connectivity index (χ0v) is 12.3. The molecule has 0 bridgehead atoms. The van der Waals surface area contributed by atoms with E-state index in [1.807, 2.05) is 30.0 Å². The van der Waals surface area contributed by atoms with Crippen molar-refractivity contribution in [2.24, 2.45) is 5.73 Å². The maximum Gasteiger partial charge on any atom is 0.254 e. The average molecular weight is 270 g/mol. The quantitative estimate of drug-likeness (QED) is 0.796. The van der Waals surface area contributed by atoms with Crippen LogP contribution in [0.5, 0.6) is 0 Å². The summed E-state index contributed by atoms with van der Waals surface area (Å²) in [5, 5.41) is 0. The SMILES string of the molecule is Cc1ccc(C(=O)N2CCCCC2C)cc1C#CCN. The van der Waals surface area contributed by atoms with Crippen LogP contribution in [-0.4, -0.2) is 29.9 Å². The molecule has 1 heterocycles. The Morgan fingerprint density at radius 1 is 1.45 bits per heavy atom. The Balaban J connectivity index is 2.25. The normalized spacial score (nSPS) is 18.4. The number of carbonyl (C=O) groups is 1. The highest BCUT2D eigenvalue weighted by Crippen LogP contribution is 2.20. The average Bonchev–Trinajstić information content (AvgIpc) is 2.46.